The van der Waals surface area contributed by atoms with Crippen LogP contribution in [0.2, 0.25) is 0 Å². The van der Waals surface area contributed by atoms with Crippen molar-refractivity contribution < 1.29 is 0 Å². The summed E-state index contributed by atoms with van der Waals surface area (Å²) in [5.41, 5.74) is 6.11. The number of hydrogen-bond acceptors (Lipinski definition) is 3. The summed E-state index contributed by atoms with van der Waals surface area (Å²) in [6.07, 6.45) is 1.59. The van der Waals surface area contributed by atoms with E-state index in [1.54, 1.807) is 6.20 Å². The third kappa shape index (κ3) is 2.65. The zero-order valence-electron chi connectivity index (χ0n) is 5.56. The smallest absolute Gasteiger partial charge is 0.220 e. The van der Waals surface area contributed by atoms with Crippen molar-refractivity contribution in [2.45, 2.75) is 2.14 Å². The Hall–Kier alpha value is 0.800. The second kappa shape index (κ2) is 3.89. The van der Waals surface area contributed by atoms with Crippen LogP contribution < -0.4 is 5.73 Å². The number of nitrogens with two attached hydrogens (primary N) is 1. The molecule has 0 fully saturated rings. The van der Waals surface area contributed by atoms with Crippen LogP contribution in [0.5, 0.6) is 0 Å². The van der Waals surface area contributed by atoms with Gasteiger partial charge in [0.05, 0.1) is 10.2 Å². The minimum absolute atomic E-state index is 0.232. The lowest BCUT2D eigenvalue weighted by atomic mass is 10.5. The molecule has 7 heteroatoms. The number of nitrogen functional groups attached to an aromatic ring is 1. The van der Waals surface area contributed by atoms with Crippen LogP contribution in [-0.4, -0.2) is 9.97 Å². The lowest BCUT2D eigenvalue weighted by molar-refractivity contribution is 1.07. The number of nitrogens with zero attached hydrogens (tertiary/aromatic N) is 2. The Labute approximate surface area is 103 Å². The Kier molecular flexibility index (Phi) is 3.53. The van der Waals surface area contributed by atoms with Crippen molar-refractivity contribution in [3.05, 3.63) is 16.4 Å². The van der Waals surface area contributed by atoms with Gasteiger partial charge in [-0.2, -0.15) is 0 Å². The second-order valence-electron chi connectivity index (χ2n) is 1.92. The van der Waals surface area contributed by atoms with Crippen LogP contribution in [0.25, 0.3) is 0 Å². The molecular formula is C5H3Br4N3. The van der Waals surface area contributed by atoms with Crippen LogP contribution in [0, 0.1) is 0 Å². The van der Waals surface area contributed by atoms with E-state index in [1.165, 1.54) is 0 Å². The minimum atomic E-state index is -0.567. The van der Waals surface area contributed by atoms with E-state index in [2.05, 4.69) is 73.7 Å². The lowest BCUT2D eigenvalue weighted by Gasteiger charge is -2.12. The minimum Gasteiger partial charge on any atom is -0.368 e. The molecule has 0 aliphatic carbocycles. The lowest BCUT2D eigenvalue weighted by Crippen LogP contribution is -2.06. The zero-order valence-corrected chi connectivity index (χ0v) is 11.9. The van der Waals surface area contributed by atoms with E-state index in [1.807, 2.05) is 0 Å². The first-order valence-corrected chi connectivity index (χ1v) is 5.93. The van der Waals surface area contributed by atoms with Crippen molar-refractivity contribution in [2.75, 3.05) is 5.73 Å². The molecule has 1 heterocycles. The Balaban J connectivity index is 3.23. The fraction of sp³-hybridized carbons (Fsp3) is 0.200. The van der Waals surface area contributed by atoms with E-state index in [9.17, 15) is 0 Å². The zero-order chi connectivity index (χ0) is 9.35. The molecule has 0 bridgehead atoms. The number of rotatable bonds is 0. The van der Waals surface area contributed by atoms with Crippen molar-refractivity contribution in [1.29, 1.82) is 0 Å². The summed E-state index contributed by atoms with van der Waals surface area (Å²) in [5.74, 6) is 0.232. The second-order valence-corrected chi connectivity index (χ2v) is 9.54. The van der Waals surface area contributed by atoms with E-state index >= 15 is 0 Å². The fourth-order valence-corrected chi connectivity index (χ4v) is 2.77. The molecular weight excluding hydrogens is 422 g/mol. The molecule has 0 saturated heterocycles. The van der Waals surface area contributed by atoms with Gasteiger partial charge in [0.1, 0.15) is 0 Å². The van der Waals surface area contributed by atoms with Crippen molar-refractivity contribution >= 4 is 69.7 Å². The third-order valence-electron chi connectivity index (χ3n) is 1.03. The molecule has 1 aromatic heterocycles. The molecule has 0 aliphatic heterocycles. The average molecular weight is 425 g/mol. The molecule has 0 unspecified atom stereocenters. The van der Waals surface area contributed by atoms with E-state index < -0.39 is 2.14 Å². The SMILES string of the molecule is Nc1ncc(Br)c(C(Br)(Br)Br)n1. The van der Waals surface area contributed by atoms with Gasteiger partial charge in [-0.15, -0.1) is 0 Å². The van der Waals surface area contributed by atoms with Gasteiger partial charge in [-0.1, -0.05) is 47.8 Å². The average Bonchev–Trinajstić information content (AvgIpc) is 1.92. The Morgan fingerprint density at radius 3 is 2.33 bits per heavy atom. The molecule has 0 radical (unpaired) electrons. The van der Waals surface area contributed by atoms with Crippen LogP contribution in [-0.2, 0) is 2.14 Å². The van der Waals surface area contributed by atoms with Gasteiger partial charge in [0.2, 0.25) is 5.95 Å². The number of aromatic nitrogens is 2. The Morgan fingerprint density at radius 1 is 1.33 bits per heavy atom. The maximum absolute atomic E-state index is 5.42. The van der Waals surface area contributed by atoms with Crippen LogP contribution in [0.1, 0.15) is 5.69 Å². The maximum Gasteiger partial charge on any atom is 0.220 e. The van der Waals surface area contributed by atoms with Gasteiger partial charge in [-0.25, -0.2) is 9.97 Å². The number of halogens is 4. The topological polar surface area (TPSA) is 51.8 Å². The highest BCUT2D eigenvalue weighted by Crippen LogP contribution is 2.45. The largest absolute Gasteiger partial charge is 0.368 e. The molecule has 0 atom stereocenters. The summed E-state index contributed by atoms with van der Waals surface area (Å²) < 4.78 is 0.199. The quantitative estimate of drug-likeness (QED) is 0.651. The van der Waals surface area contributed by atoms with Crippen molar-refractivity contribution in [1.82, 2.24) is 9.97 Å². The summed E-state index contributed by atoms with van der Waals surface area (Å²) in [7, 11) is 0. The van der Waals surface area contributed by atoms with E-state index in [0.717, 1.165) is 4.47 Å². The van der Waals surface area contributed by atoms with Crippen molar-refractivity contribution in [3.8, 4) is 0 Å². The number of alkyl halides is 3. The third-order valence-corrected chi connectivity index (χ3v) is 2.74. The molecule has 1 rings (SSSR count). The van der Waals surface area contributed by atoms with E-state index in [4.69, 9.17) is 5.73 Å². The highest BCUT2D eigenvalue weighted by Gasteiger charge is 2.25. The van der Waals surface area contributed by atoms with Crippen molar-refractivity contribution in [3.63, 3.8) is 0 Å². The van der Waals surface area contributed by atoms with Gasteiger partial charge in [0, 0.05) is 6.20 Å². The predicted octanol–water partition coefficient (Wildman–Crippen LogP) is 3.12. The summed E-state index contributed by atoms with van der Waals surface area (Å²) in [6, 6.07) is 0. The van der Waals surface area contributed by atoms with Crippen LogP contribution in [0.15, 0.2) is 10.7 Å². The molecule has 0 spiro atoms. The van der Waals surface area contributed by atoms with E-state index in [-0.39, 0.29) is 5.95 Å². The number of hydrogen-bond donors (Lipinski definition) is 1. The molecule has 0 aromatic carbocycles. The Morgan fingerprint density at radius 2 is 1.92 bits per heavy atom. The fourth-order valence-electron chi connectivity index (χ4n) is 0.580. The van der Waals surface area contributed by atoms with Gasteiger partial charge < -0.3 is 5.73 Å². The predicted molar refractivity (Wildman–Crippen MR) is 62.6 cm³/mol. The Bertz CT molecular complexity index is 295. The first kappa shape index (κ1) is 10.9. The summed E-state index contributed by atoms with van der Waals surface area (Å²) in [5, 5.41) is 0. The van der Waals surface area contributed by atoms with Gasteiger partial charge in [-0.3, -0.25) is 0 Å². The monoisotopic (exact) mass is 421 g/mol. The summed E-state index contributed by atoms with van der Waals surface area (Å²) in [6.45, 7) is 0. The van der Waals surface area contributed by atoms with Crippen LogP contribution in [0.4, 0.5) is 5.95 Å². The molecule has 1 aromatic rings. The molecule has 12 heavy (non-hydrogen) atoms. The van der Waals surface area contributed by atoms with Crippen molar-refractivity contribution in [2.24, 2.45) is 0 Å². The normalized spacial score (nSPS) is 11.7. The van der Waals surface area contributed by atoms with Crippen LogP contribution >= 0.6 is 63.7 Å². The van der Waals surface area contributed by atoms with Gasteiger partial charge in [0.25, 0.3) is 0 Å². The first-order valence-electron chi connectivity index (χ1n) is 2.76. The summed E-state index contributed by atoms with van der Waals surface area (Å²) in [4.78, 5) is 7.83. The first-order chi connectivity index (χ1) is 5.41. The standard InChI is InChI=1S/C5H3Br4N3/c6-2-1-11-4(10)12-3(2)5(7,8)9/h1H,(H2,10,11,12). The molecule has 0 aliphatic rings. The van der Waals surface area contributed by atoms with E-state index in [0.29, 0.717) is 5.69 Å². The highest BCUT2D eigenvalue weighted by atomic mass is 80.0. The summed E-state index contributed by atoms with van der Waals surface area (Å²) >= 11 is 13.3. The van der Waals surface area contributed by atoms with Gasteiger partial charge >= 0.3 is 0 Å². The molecule has 2 N–H and O–H groups in total. The molecule has 0 saturated carbocycles. The molecule has 0 amide bonds. The highest BCUT2D eigenvalue weighted by molar-refractivity contribution is 9.38. The molecule has 66 valence electrons. The van der Waals surface area contributed by atoms with Crippen LogP contribution in [0.3, 0.4) is 0 Å². The molecule has 3 nitrogen and oxygen atoms in total. The van der Waals surface area contributed by atoms with Gasteiger partial charge in [-0.05, 0) is 15.9 Å². The number of anilines is 1. The maximum atomic E-state index is 5.42. The van der Waals surface area contributed by atoms with Gasteiger partial charge in [0.15, 0.2) is 2.14 Å².